The molecule has 3 rings (SSSR count). The van der Waals surface area contributed by atoms with Crippen LogP contribution in [0.4, 0.5) is 5.69 Å². The van der Waals surface area contributed by atoms with Gasteiger partial charge in [-0.3, -0.25) is 4.79 Å². The van der Waals surface area contributed by atoms with Crippen molar-refractivity contribution in [1.29, 1.82) is 0 Å². The lowest BCUT2D eigenvalue weighted by atomic mass is 10.1. The van der Waals surface area contributed by atoms with Gasteiger partial charge in [0.15, 0.2) is 0 Å². The molecule has 116 valence electrons. The van der Waals surface area contributed by atoms with Gasteiger partial charge in [0, 0.05) is 43.1 Å². The molecular formula is C18H23N3O. The summed E-state index contributed by atoms with van der Waals surface area (Å²) in [6, 6.07) is 7.91. The van der Waals surface area contributed by atoms with Crippen LogP contribution >= 0.6 is 0 Å². The van der Waals surface area contributed by atoms with Gasteiger partial charge in [-0.25, -0.2) is 0 Å². The summed E-state index contributed by atoms with van der Waals surface area (Å²) in [5.74, 6) is 0.0148. The van der Waals surface area contributed by atoms with Gasteiger partial charge in [-0.05, 0) is 36.3 Å². The second-order valence-electron chi connectivity index (χ2n) is 5.74. The molecule has 0 atom stereocenters. The fourth-order valence-electron chi connectivity index (χ4n) is 2.90. The predicted octanol–water partition coefficient (Wildman–Crippen LogP) is 2.45. The molecule has 4 heteroatoms. The molecule has 4 nitrogen and oxygen atoms in total. The van der Waals surface area contributed by atoms with Crippen molar-refractivity contribution in [2.24, 2.45) is 0 Å². The van der Waals surface area contributed by atoms with Gasteiger partial charge < -0.3 is 15.5 Å². The molecular weight excluding hydrogens is 274 g/mol. The lowest BCUT2D eigenvalue weighted by molar-refractivity contribution is 0.0953. The third-order valence-electron chi connectivity index (χ3n) is 4.17. The molecule has 0 fully saturated rings. The summed E-state index contributed by atoms with van der Waals surface area (Å²) in [6.07, 6.45) is 6.51. The van der Waals surface area contributed by atoms with E-state index in [0.29, 0.717) is 0 Å². The first-order valence-electron chi connectivity index (χ1n) is 8.04. The Morgan fingerprint density at radius 3 is 2.86 bits per heavy atom. The van der Waals surface area contributed by atoms with E-state index >= 15 is 0 Å². The number of rotatable bonds is 5. The van der Waals surface area contributed by atoms with Crippen LogP contribution in [0.2, 0.25) is 0 Å². The lowest BCUT2D eigenvalue weighted by Gasteiger charge is -2.28. The molecule has 0 saturated carbocycles. The highest BCUT2D eigenvalue weighted by Crippen LogP contribution is 2.26. The molecule has 0 spiro atoms. The second-order valence-corrected chi connectivity index (χ2v) is 5.74. The first kappa shape index (κ1) is 14.9. The molecule has 0 unspecified atom stereocenters. The smallest absolute Gasteiger partial charge is 0.251 e. The van der Waals surface area contributed by atoms with E-state index < -0.39 is 0 Å². The molecule has 1 aromatic rings. The molecule has 2 aliphatic heterocycles. The Morgan fingerprint density at radius 1 is 1.27 bits per heavy atom. The Bertz CT molecular complexity index is 601. The fraction of sp³-hybridized carbons (Fsp3) is 0.389. The molecule has 0 aliphatic carbocycles. The third-order valence-corrected chi connectivity index (χ3v) is 4.17. The predicted molar refractivity (Wildman–Crippen MR) is 90.1 cm³/mol. The van der Waals surface area contributed by atoms with Gasteiger partial charge >= 0.3 is 0 Å². The van der Waals surface area contributed by atoms with E-state index in [2.05, 4.69) is 34.6 Å². The maximum Gasteiger partial charge on any atom is 0.251 e. The second kappa shape index (κ2) is 6.79. The maximum absolute atomic E-state index is 12.0. The van der Waals surface area contributed by atoms with E-state index in [1.54, 1.807) is 0 Å². The normalized spacial score (nSPS) is 16.9. The van der Waals surface area contributed by atoms with Crippen LogP contribution in [0.1, 0.15) is 30.1 Å². The van der Waals surface area contributed by atoms with Crippen LogP contribution in [0, 0.1) is 0 Å². The van der Waals surface area contributed by atoms with Gasteiger partial charge in [0.2, 0.25) is 0 Å². The van der Waals surface area contributed by atoms with Gasteiger partial charge in [0.05, 0.1) is 0 Å². The first-order valence-corrected chi connectivity index (χ1v) is 8.04. The third kappa shape index (κ3) is 3.07. The molecule has 1 aromatic carbocycles. The summed E-state index contributed by atoms with van der Waals surface area (Å²) < 4.78 is 0. The maximum atomic E-state index is 12.0. The van der Waals surface area contributed by atoms with E-state index in [0.717, 1.165) is 50.3 Å². The van der Waals surface area contributed by atoms with Crippen LogP contribution in [-0.4, -0.2) is 32.1 Å². The van der Waals surface area contributed by atoms with Crippen molar-refractivity contribution in [3.63, 3.8) is 0 Å². The van der Waals surface area contributed by atoms with Crippen LogP contribution in [0.5, 0.6) is 0 Å². The summed E-state index contributed by atoms with van der Waals surface area (Å²) in [6.45, 7) is 5.62. The van der Waals surface area contributed by atoms with Crippen LogP contribution in [-0.2, 0) is 0 Å². The van der Waals surface area contributed by atoms with E-state index in [-0.39, 0.29) is 5.91 Å². The van der Waals surface area contributed by atoms with Crippen molar-refractivity contribution in [2.75, 3.05) is 31.1 Å². The molecule has 0 saturated heterocycles. The van der Waals surface area contributed by atoms with Crippen molar-refractivity contribution < 1.29 is 4.79 Å². The van der Waals surface area contributed by atoms with Gasteiger partial charge in [0.1, 0.15) is 0 Å². The van der Waals surface area contributed by atoms with Crippen LogP contribution in [0.3, 0.4) is 0 Å². The van der Waals surface area contributed by atoms with Gasteiger partial charge in [-0.15, -0.1) is 0 Å². The quantitative estimate of drug-likeness (QED) is 0.821. The SMILES string of the molecule is CCCCNC(=O)c1ccc(N2CC=CC3=C2CNC3)cc1. The van der Waals surface area contributed by atoms with Crippen LogP contribution < -0.4 is 15.5 Å². The average molecular weight is 297 g/mol. The number of amides is 1. The Labute approximate surface area is 131 Å². The minimum absolute atomic E-state index is 0.0148. The Balaban J connectivity index is 1.69. The highest BCUT2D eigenvalue weighted by Gasteiger charge is 2.21. The number of carbonyl (C=O) groups is 1. The minimum Gasteiger partial charge on any atom is -0.352 e. The topological polar surface area (TPSA) is 44.4 Å². The Kier molecular flexibility index (Phi) is 4.59. The molecule has 2 aliphatic rings. The number of anilines is 1. The van der Waals surface area contributed by atoms with E-state index in [4.69, 9.17) is 0 Å². The number of hydrogen-bond donors (Lipinski definition) is 2. The summed E-state index contributed by atoms with van der Waals surface area (Å²) in [5.41, 5.74) is 4.59. The zero-order chi connectivity index (χ0) is 15.4. The zero-order valence-electron chi connectivity index (χ0n) is 13.1. The summed E-state index contributed by atoms with van der Waals surface area (Å²) in [5, 5.41) is 6.34. The highest BCUT2D eigenvalue weighted by molar-refractivity contribution is 5.94. The van der Waals surface area contributed by atoms with Crippen LogP contribution in [0.15, 0.2) is 47.7 Å². The number of unbranched alkanes of at least 4 members (excludes halogenated alkanes) is 1. The van der Waals surface area contributed by atoms with E-state index in [1.165, 1.54) is 11.3 Å². The number of nitrogens with one attached hydrogen (secondary N) is 2. The molecule has 1 amide bonds. The van der Waals surface area contributed by atoms with Crippen molar-refractivity contribution in [2.45, 2.75) is 19.8 Å². The van der Waals surface area contributed by atoms with Crippen LogP contribution in [0.25, 0.3) is 0 Å². The molecule has 0 radical (unpaired) electrons. The Morgan fingerprint density at radius 2 is 2.09 bits per heavy atom. The molecule has 2 heterocycles. The molecule has 0 aromatic heterocycles. The summed E-state index contributed by atoms with van der Waals surface area (Å²) in [4.78, 5) is 14.3. The molecule has 22 heavy (non-hydrogen) atoms. The van der Waals surface area contributed by atoms with Gasteiger partial charge in [-0.1, -0.05) is 25.5 Å². The number of benzene rings is 1. The molecule has 0 bridgehead atoms. The van der Waals surface area contributed by atoms with Crippen molar-refractivity contribution in [1.82, 2.24) is 10.6 Å². The van der Waals surface area contributed by atoms with Crippen molar-refractivity contribution in [3.05, 3.63) is 53.3 Å². The largest absolute Gasteiger partial charge is 0.352 e. The standard InChI is InChI=1S/C18H23N3O/c1-2-3-10-20-18(22)14-6-8-16(9-7-14)21-11-4-5-15-12-19-13-17(15)21/h4-9,19H,2-3,10-13H2,1H3,(H,20,22). The van der Waals surface area contributed by atoms with Gasteiger partial charge in [-0.2, -0.15) is 0 Å². The fourth-order valence-corrected chi connectivity index (χ4v) is 2.90. The average Bonchev–Trinajstić information content (AvgIpc) is 3.04. The minimum atomic E-state index is 0.0148. The van der Waals surface area contributed by atoms with Crippen molar-refractivity contribution in [3.8, 4) is 0 Å². The first-order chi connectivity index (χ1) is 10.8. The zero-order valence-corrected chi connectivity index (χ0v) is 13.1. The number of hydrogen-bond acceptors (Lipinski definition) is 3. The molecule has 2 N–H and O–H groups in total. The van der Waals surface area contributed by atoms with E-state index in [9.17, 15) is 4.79 Å². The monoisotopic (exact) mass is 297 g/mol. The summed E-state index contributed by atoms with van der Waals surface area (Å²) in [7, 11) is 0. The number of carbonyl (C=O) groups excluding carboxylic acids is 1. The van der Waals surface area contributed by atoms with Crippen molar-refractivity contribution >= 4 is 11.6 Å². The van der Waals surface area contributed by atoms with Gasteiger partial charge in [0.25, 0.3) is 5.91 Å². The Hall–Kier alpha value is -2.07. The number of nitrogens with zero attached hydrogens (tertiary/aromatic N) is 1. The highest BCUT2D eigenvalue weighted by atomic mass is 16.1. The van der Waals surface area contributed by atoms with E-state index in [1.807, 2.05) is 24.3 Å². The lowest BCUT2D eigenvalue weighted by Crippen LogP contribution is -2.28. The summed E-state index contributed by atoms with van der Waals surface area (Å²) >= 11 is 0.